The minimum Gasteiger partial charge on any atom is -0.465 e. The van der Waals surface area contributed by atoms with Crippen molar-refractivity contribution in [3.05, 3.63) is 83.2 Å². The van der Waals surface area contributed by atoms with Crippen LogP contribution >= 0.6 is 0 Å². The highest BCUT2D eigenvalue weighted by molar-refractivity contribution is 5.90. The average molecular weight is 590 g/mol. The van der Waals surface area contributed by atoms with Crippen LogP contribution in [0.2, 0.25) is 0 Å². The molecule has 0 radical (unpaired) electrons. The van der Waals surface area contributed by atoms with E-state index in [0.717, 1.165) is 41.8 Å². The van der Waals surface area contributed by atoms with Crippen molar-refractivity contribution in [2.24, 2.45) is 5.73 Å². The molecule has 1 amide bonds. The molecule has 1 aliphatic heterocycles. The predicted molar refractivity (Wildman–Crippen MR) is 169 cm³/mol. The maximum atomic E-state index is 13.4. The van der Waals surface area contributed by atoms with Gasteiger partial charge in [-0.25, -0.2) is 4.79 Å². The van der Waals surface area contributed by atoms with Gasteiger partial charge in [-0.1, -0.05) is 57.2 Å². The van der Waals surface area contributed by atoms with Gasteiger partial charge in [0.05, 0.1) is 24.9 Å². The van der Waals surface area contributed by atoms with Gasteiger partial charge in [0.1, 0.15) is 5.60 Å². The number of hydrogen-bond acceptors (Lipinski definition) is 6. The average Bonchev–Trinajstić information content (AvgIpc) is 3.43. The van der Waals surface area contributed by atoms with Crippen LogP contribution in [0, 0.1) is 0 Å². The van der Waals surface area contributed by atoms with E-state index in [1.807, 2.05) is 42.5 Å². The van der Waals surface area contributed by atoms with E-state index in [4.69, 9.17) is 15.2 Å². The van der Waals surface area contributed by atoms with Crippen LogP contribution in [-0.4, -0.2) is 66.4 Å². The molecule has 8 nitrogen and oxygen atoms in total. The number of piperidine rings is 1. The van der Waals surface area contributed by atoms with E-state index in [2.05, 4.69) is 31.4 Å². The number of benzene rings is 2. The molecule has 0 bridgehead atoms. The Hall–Kier alpha value is -3.46. The Balaban J connectivity index is 1.38. The van der Waals surface area contributed by atoms with Gasteiger partial charge in [-0.05, 0) is 66.6 Å². The molecule has 232 valence electrons. The number of carbonyl (C=O) groups excluding carboxylic acids is 2. The number of methoxy groups -OCH3 is 2. The van der Waals surface area contributed by atoms with E-state index in [0.29, 0.717) is 31.6 Å². The summed E-state index contributed by atoms with van der Waals surface area (Å²) in [6.07, 6.45) is 2.97. The number of hydrogen-bond donors (Lipinski definition) is 2. The number of likely N-dealkylation sites (tertiary alicyclic amines) is 1. The van der Waals surface area contributed by atoms with Crippen molar-refractivity contribution in [2.75, 3.05) is 33.9 Å². The fourth-order valence-electron chi connectivity index (χ4n) is 6.07. The van der Waals surface area contributed by atoms with Gasteiger partial charge in [0, 0.05) is 50.4 Å². The van der Waals surface area contributed by atoms with Gasteiger partial charge in [0.25, 0.3) is 0 Å². The predicted octanol–water partition coefficient (Wildman–Crippen LogP) is 5.05. The fourth-order valence-corrected chi connectivity index (χ4v) is 6.07. The number of carbonyl (C=O) groups is 2. The first kappa shape index (κ1) is 32.5. The van der Waals surface area contributed by atoms with Crippen LogP contribution in [0.3, 0.4) is 0 Å². The SMILES string of the molecule is COCCCn1c(C(C)(C)C)ccc1C1(O)CCCN(C(=O)C[C@H](N)Cc2ccc(-c3ccc(C(=O)OC)cc3)cc2)C1. The van der Waals surface area contributed by atoms with Crippen molar-refractivity contribution < 1.29 is 24.2 Å². The standard InChI is InChI=1S/C35H47N3O5/c1-34(2,3)30-16-17-31(38(30)20-7-21-42-4)35(41)18-6-19-37(24-35)32(39)23-29(36)22-25-8-10-26(11-9-25)27-12-14-28(15-13-27)33(40)43-5/h8-17,29,41H,6-7,18-24,36H2,1-5H3/t29-,35?/m1/s1. The number of nitrogens with two attached hydrogens (primary N) is 1. The molecule has 8 heteroatoms. The summed E-state index contributed by atoms with van der Waals surface area (Å²) >= 11 is 0. The topological polar surface area (TPSA) is 107 Å². The van der Waals surface area contributed by atoms with Crippen LogP contribution in [0.15, 0.2) is 60.7 Å². The molecular weight excluding hydrogens is 542 g/mol. The van der Waals surface area contributed by atoms with Gasteiger partial charge in [-0.2, -0.15) is 0 Å². The lowest BCUT2D eigenvalue weighted by atomic mass is 9.88. The molecule has 43 heavy (non-hydrogen) atoms. The van der Waals surface area contributed by atoms with E-state index in [1.54, 1.807) is 24.1 Å². The maximum Gasteiger partial charge on any atom is 0.337 e. The number of amides is 1. The molecule has 0 aliphatic carbocycles. The Morgan fingerprint density at radius 1 is 1.00 bits per heavy atom. The summed E-state index contributed by atoms with van der Waals surface area (Å²) in [5, 5.41) is 11.9. The highest BCUT2D eigenvalue weighted by Gasteiger charge is 2.40. The minimum atomic E-state index is -1.11. The lowest BCUT2D eigenvalue weighted by Gasteiger charge is -2.40. The molecular formula is C35H47N3O5. The Morgan fingerprint density at radius 3 is 2.26 bits per heavy atom. The van der Waals surface area contributed by atoms with Crippen molar-refractivity contribution in [3.63, 3.8) is 0 Å². The molecule has 2 aromatic carbocycles. The molecule has 1 saturated heterocycles. The summed E-state index contributed by atoms with van der Waals surface area (Å²) in [7, 11) is 3.07. The number of aromatic nitrogens is 1. The Morgan fingerprint density at radius 2 is 1.65 bits per heavy atom. The third-order valence-electron chi connectivity index (χ3n) is 8.31. The lowest BCUT2D eigenvalue weighted by Crippen LogP contribution is -2.50. The molecule has 0 spiro atoms. The van der Waals surface area contributed by atoms with Crippen molar-refractivity contribution in [1.29, 1.82) is 0 Å². The summed E-state index contributed by atoms with van der Waals surface area (Å²) in [6, 6.07) is 19.2. The number of aliphatic hydroxyl groups is 1. The first-order chi connectivity index (χ1) is 20.4. The first-order valence-electron chi connectivity index (χ1n) is 15.2. The van der Waals surface area contributed by atoms with Gasteiger partial charge < -0.3 is 29.8 Å². The van der Waals surface area contributed by atoms with E-state index >= 15 is 0 Å². The molecule has 3 N–H and O–H groups in total. The number of esters is 1. The van der Waals surface area contributed by atoms with Crippen LogP contribution in [0.4, 0.5) is 0 Å². The normalized spacial score (nSPS) is 18.0. The van der Waals surface area contributed by atoms with Crippen LogP contribution in [0.25, 0.3) is 11.1 Å². The Labute approximate surface area is 255 Å². The van der Waals surface area contributed by atoms with Crippen LogP contribution in [-0.2, 0) is 38.2 Å². The summed E-state index contributed by atoms with van der Waals surface area (Å²) in [6.45, 7) is 8.82. The lowest BCUT2D eigenvalue weighted by molar-refractivity contribution is -0.139. The fraction of sp³-hybridized carbons (Fsp3) is 0.486. The van der Waals surface area contributed by atoms with Crippen LogP contribution in [0.1, 0.15) is 73.8 Å². The van der Waals surface area contributed by atoms with Crippen molar-refractivity contribution in [2.45, 2.75) is 76.5 Å². The second-order valence-corrected chi connectivity index (χ2v) is 12.7. The van der Waals surface area contributed by atoms with Crippen molar-refractivity contribution in [3.8, 4) is 11.1 Å². The highest BCUT2D eigenvalue weighted by Crippen LogP contribution is 2.36. The number of rotatable bonds is 11. The number of β-amino-alcohol motifs (C(OH)–C–C–N with tert-alkyl or cyclic N) is 1. The Bertz CT molecular complexity index is 1370. The van der Waals surface area contributed by atoms with E-state index in [-0.39, 0.29) is 36.3 Å². The summed E-state index contributed by atoms with van der Waals surface area (Å²) in [5.41, 5.74) is 10.9. The number of nitrogens with zero attached hydrogens (tertiary/aromatic N) is 2. The van der Waals surface area contributed by atoms with Gasteiger partial charge in [-0.15, -0.1) is 0 Å². The van der Waals surface area contributed by atoms with Crippen molar-refractivity contribution in [1.82, 2.24) is 9.47 Å². The smallest absolute Gasteiger partial charge is 0.337 e. The molecule has 1 fully saturated rings. The molecule has 0 saturated carbocycles. The van der Waals surface area contributed by atoms with Gasteiger partial charge >= 0.3 is 5.97 Å². The molecule has 2 atom stereocenters. The third kappa shape index (κ3) is 7.93. The molecule has 1 unspecified atom stereocenters. The maximum absolute atomic E-state index is 13.4. The van der Waals surface area contributed by atoms with E-state index in [9.17, 15) is 14.7 Å². The van der Waals surface area contributed by atoms with Gasteiger partial charge in [0.2, 0.25) is 5.91 Å². The van der Waals surface area contributed by atoms with Crippen LogP contribution in [0.5, 0.6) is 0 Å². The summed E-state index contributed by atoms with van der Waals surface area (Å²) < 4.78 is 12.3. The number of ether oxygens (including phenoxy) is 2. The first-order valence-corrected chi connectivity index (χ1v) is 15.2. The minimum absolute atomic E-state index is 0.0264. The largest absolute Gasteiger partial charge is 0.465 e. The van der Waals surface area contributed by atoms with E-state index in [1.165, 1.54) is 12.8 Å². The second kappa shape index (κ2) is 13.9. The Kier molecular flexibility index (Phi) is 10.5. The molecule has 1 aromatic heterocycles. The van der Waals surface area contributed by atoms with Gasteiger partial charge in [0.15, 0.2) is 0 Å². The van der Waals surface area contributed by atoms with E-state index < -0.39 is 5.60 Å². The molecule has 4 rings (SSSR count). The summed E-state index contributed by atoms with van der Waals surface area (Å²) in [5.74, 6) is -0.386. The van der Waals surface area contributed by atoms with Crippen LogP contribution < -0.4 is 5.73 Å². The quantitative estimate of drug-likeness (QED) is 0.240. The highest BCUT2D eigenvalue weighted by atomic mass is 16.5. The van der Waals surface area contributed by atoms with Crippen molar-refractivity contribution >= 4 is 11.9 Å². The molecule has 1 aliphatic rings. The zero-order valence-electron chi connectivity index (χ0n) is 26.3. The summed E-state index contributed by atoms with van der Waals surface area (Å²) in [4.78, 5) is 26.9. The molecule has 2 heterocycles. The zero-order valence-corrected chi connectivity index (χ0v) is 26.3. The third-order valence-corrected chi connectivity index (χ3v) is 8.31. The zero-order chi connectivity index (χ0) is 31.2. The molecule has 3 aromatic rings. The second-order valence-electron chi connectivity index (χ2n) is 12.7. The van der Waals surface area contributed by atoms with Gasteiger partial charge in [-0.3, -0.25) is 4.79 Å². The monoisotopic (exact) mass is 589 g/mol.